The van der Waals surface area contributed by atoms with Crippen molar-refractivity contribution in [3.8, 4) is 0 Å². The summed E-state index contributed by atoms with van der Waals surface area (Å²) in [7, 11) is 0. The molecule has 0 fully saturated rings. The lowest BCUT2D eigenvalue weighted by Gasteiger charge is -2.39. The molecule has 1 aromatic carbocycles. The number of halogens is 4. The number of aryl methyl sites for hydroxylation is 1. The zero-order chi connectivity index (χ0) is 19.8. The molecule has 1 aliphatic rings. The van der Waals surface area contributed by atoms with Crippen molar-refractivity contribution in [3.05, 3.63) is 40.6 Å². The van der Waals surface area contributed by atoms with Gasteiger partial charge in [0.15, 0.2) is 0 Å². The van der Waals surface area contributed by atoms with Gasteiger partial charge in [-0.25, -0.2) is 4.79 Å². The van der Waals surface area contributed by atoms with Crippen molar-refractivity contribution in [1.82, 2.24) is 15.5 Å². The van der Waals surface area contributed by atoms with Gasteiger partial charge in [-0.3, -0.25) is 10.1 Å². The van der Waals surface area contributed by atoms with E-state index in [0.717, 1.165) is 6.07 Å². The average Bonchev–Trinajstić information content (AvgIpc) is 2.97. The summed E-state index contributed by atoms with van der Waals surface area (Å²) < 4.78 is 51.4. The number of amides is 2. The quantitative estimate of drug-likeness (QED) is 0.811. The standard InChI is InChI=1S/C15H12ClF3N4O4/c1-7-22-23-12(26-7)5-11(24)20-6-14(15(17,18)19)9-4-8(16)2-3-10(9)21-13(25)27-14/h2-4H,5-6H2,1H3,(H,20,24)(H,21,25). The number of nitrogens with one attached hydrogen (secondary N) is 2. The Balaban J connectivity index is 1.89. The molecule has 1 unspecified atom stereocenters. The Labute approximate surface area is 155 Å². The van der Waals surface area contributed by atoms with Gasteiger partial charge in [0, 0.05) is 17.5 Å². The predicted molar refractivity (Wildman–Crippen MR) is 85.0 cm³/mol. The van der Waals surface area contributed by atoms with Gasteiger partial charge in [-0.2, -0.15) is 13.2 Å². The highest BCUT2D eigenvalue weighted by atomic mass is 35.5. The number of alkyl halides is 3. The van der Waals surface area contributed by atoms with Crippen LogP contribution in [-0.2, 0) is 21.6 Å². The fourth-order valence-corrected chi connectivity index (χ4v) is 2.75. The van der Waals surface area contributed by atoms with Crippen molar-refractivity contribution >= 4 is 29.3 Å². The number of anilines is 1. The molecule has 27 heavy (non-hydrogen) atoms. The fraction of sp³-hybridized carbons (Fsp3) is 0.333. The van der Waals surface area contributed by atoms with Gasteiger partial charge in [0.05, 0.1) is 12.2 Å². The highest BCUT2D eigenvalue weighted by molar-refractivity contribution is 6.30. The Morgan fingerprint density at radius 2 is 2.11 bits per heavy atom. The molecule has 12 heteroatoms. The van der Waals surface area contributed by atoms with Crippen molar-refractivity contribution in [2.75, 3.05) is 11.9 Å². The summed E-state index contributed by atoms with van der Waals surface area (Å²) >= 11 is 5.81. The van der Waals surface area contributed by atoms with Gasteiger partial charge in [0.2, 0.25) is 17.7 Å². The maximum atomic E-state index is 13.9. The summed E-state index contributed by atoms with van der Waals surface area (Å²) in [6, 6.07) is 3.57. The number of carbonyl (C=O) groups is 2. The van der Waals surface area contributed by atoms with Crippen LogP contribution in [0.5, 0.6) is 0 Å². The monoisotopic (exact) mass is 404 g/mol. The molecule has 144 valence electrons. The third-order valence-electron chi connectivity index (χ3n) is 3.79. The predicted octanol–water partition coefficient (Wildman–Crippen LogP) is 2.71. The Hall–Kier alpha value is -2.82. The number of nitrogens with zero attached hydrogens (tertiary/aromatic N) is 2. The number of ether oxygens (including phenoxy) is 1. The number of hydrogen-bond acceptors (Lipinski definition) is 6. The summed E-state index contributed by atoms with van der Waals surface area (Å²) in [5.41, 5.74) is -3.64. The van der Waals surface area contributed by atoms with Gasteiger partial charge < -0.3 is 14.5 Å². The number of benzene rings is 1. The maximum Gasteiger partial charge on any atom is 0.434 e. The van der Waals surface area contributed by atoms with E-state index in [4.69, 9.17) is 16.0 Å². The van der Waals surface area contributed by atoms with Crippen molar-refractivity contribution < 1.29 is 31.9 Å². The van der Waals surface area contributed by atoms with Crippen LogP contribution in [0.1, 0.15) is 17.3 Å². The van der Waals surface area contributed by atoms with Crippen LogP contribution >= 0.6 is 11.6 Å². The van der Waals surface area contributed by atoms with Crippen molar-refractivity contribution in [1.29, 1.82) is 0 Å². The molecule has 8 nitrogen and oxygen atoms in total. The lowest BCUT2D eigenvalue weighted by molar-refractivity contribution is -0.262. The lowest BCUT2D eigenvalue weighted by Crippen LogP contribution is -2.56. The van der Waals surface area contributed by atoms with Crippen molar-refractivity contribution in [2.45, 2.75) is 25.1 Å². The third-order valence-corrected chi connectivity index (χ3v) is 4.03. The van der Waals surface area contributed by atoms with Crippen LogP contribution in [0.2, 0.25) is 5.02 Å². The molecule has 2 N–H and O–H groups in total. The van der Waals surface area contributed by atoms with Gasteiger partial charge in [0.25, 0.3) is 5.60 Å². The van der Waals surface area contributed by atoms with E-state index in [9.17, 15) is 22.8 Å². The summed E-state index contributed by atoms with van der Waals surface area (Å²) in [6.45, 7) is 0.450. The van der Waals surface area contributed by atoms with Crippen LogP contribution in [-0.4, -0.2) is 34.9 Å². The number of rotatable bonds is 4. The Morgan fingerprint density at radius 3 is 2.74 bits per heavy atom. The van der Waals surface area contributed by atoms with Gasteiger partial charge in [-0.15, -0.1) is 10.2 Å². The van der Waals surface area contributed by atoms with Gasteiger partial charge >= 0.3 is 12.3 Å². The zero-order valence-corrected chi connectivity index (χ0v) is 14.4. The van der Waals surface area contributed by atoms with Gasteiger partial charge in [-0.05, 0) is 18.2 Å². The van der Waals surface area contributed by atoms with Crippen LogP contribution in [0, 0.1) is 6.92 Å². The Bertz CT molecular complexity index is 901. The van der Waals surface area contributed by atoms with E-state index in [1.807, 2.05) is 0 Å². The van der Waals surface area contributed by atoms with E-state index in [-0.39, 0.29) is 22.5 Å². The molecule has 0 bridgehead atoms. The van der Waals surface area contributed by atoms with E-state index >= 15 is 0 Å². The molecule has 1 atom stereocenters. The van der Waals surface area contributed by atoms with Crippen molar-refractivity contribution in [2.24, 2.45) is 0 Å². The van der Waals surface area contributed by atoms with Crippen LogP contribution in [0.3, 0.4) is 0 Å². The van der Waals surface area contributed by atoms with E-state index in [2.05, 4.69) is 25.6 Å². The highest BCUT2D eigenvalue weighted by Gasteiger charge is 2.62. The minimum absolute atomic E-state index is 0.00906. The smallest absolute Gasteiger partial charge is 0.426 e. The second-order valence-electron chi connectivity index (χ2n) is 5.70. The SMILES string of the molecule is Cc1nnc(CC(=O)NCC2(C(F)(F)F)OC(=O)Nc3ccc(Cl)cc32)o1. The molecule has 0 saturated carbocycles. The van der Waals surface area contributed by atoms with Crippen LogP contribution < -0.4 is 10.6 Å². The van der Waals surface area contributed by atoms with Crippen molar-refractivity contribution in [3.63, 3.8) is 0 Å². The topological polar surface area (TPSA) is 106 Å². The summed E-state index contributed by atoms with van der Waals surface area (Å²) in [5.74, 6) is -0.669. The van der Waals surface area contributed by atoms with E-state index in [1.165, 1.54) is 19.1 Å². The molecule has 1 aromatic heterocycles. The number of hydrogen-bond donors (Lipinski definition) is 2. The number of fused-ring (bicyclic) bond motifs is 1. The van der Waals surface area contributed by atoms with Crippen LogP contribution in [0.15, 0.2) is 22.6 Å². The highest BCUT2D eigenvalue weighted by Crippen LogP contribution is 2.47. The molecular weight excluding hydrogens is 393 g/mol. The first-order valence-electron chi connectivity index (χ1n) is 7.53. The summed E-state index contributed by atoms with van der Waals surface area (Å²) in [6.07, 6.45) is -6.76. The third kappa shape index (κ3) is 3.68. The second-order valence-corrected chi connectivity index (χ2v) is 6.13. The molecule has 2 aromatic rings. The molecule has 0 radical (unpaired) electrons. The molecule has 2 amide bonds. The molecular formula is C15H12ClF3N4O4. The molecule has 0 aliphatic carbocycles. The minimum atomic E-state index is -5.03. The van der Waals surface area contributed by atoms with E-state index < -0.39 is 42.3 Å². The van der Waals surface area contributed by atoms with Crippen LogP contribution in [0.4, 0.5) is 23.7 Å². The molecule has 1 aliphatic heterocycles. The van der Waals surface area contributed by atoms with E-state index in [0.29, 0.717) is 0 Å². The molecule has 0 saturated heterocycles. The normalized spacial score (nSPS) is 19.1. The second kappa shape index (κ2) is 6.72. The summed E-state index contributed by atoms with van der Waals surface area (Å²) in [5, 5.41) is 11.4. The van der Waals surface area contributed by atoms with Gasteiger partial charge in [-0.1, -0.05) is 11.6 Å². The first kappa shape index (κ1) is 19.0. The van der Waals surface area contributed by atoms with Crippen LogP contribution in [0.25, 0.3) is 0 Å². The van der Waals surface area contributed by atoms with E-state index in [1.54, 1.807) is 0 Å². The first-order valence-corrected chi connectivity index (χ1v) is 7.91. The first-order chi connectivity index (χ1) is 12.6. The molecule has 0 spiro atoms. The minimum Gasteiger partial charge on any atom is -0.426 e. The zero-order valence-electron chi connectivity index (χ0n) is 13.7. The fourth-order valence-electron chi connectivity index (χ4n) is 2.58. The summed E-state index contributed by atoms with van der Waals surface area (Å²) in [4.78, 5) is 23.7. The van der Waals surface area contributed by atoms with Gasteiger partial charge in [0.1, 0.15) is 6.42 Å². The Kier molecular flexibility index (Phi) is 4.72. The average molecular weight is 405 g/mol. The largest absolute Gasteiger partial charge is 0.434 e. The molecule has 2 heterocycles. The maximum absolute atomic E-state index is 13.9. The number of carbonyl (C=O) groups excluding carboxylic acids is 2. The number of aromatic nitrogens is 2. The molecule has 3 rings (SSSR count). The lowest BCUT2D eigenvalue weighted by atomic mass is 9.89. The number of cyclic esters (lactones) is 1. The Morgan fingerprint density at radius 1 is 1.37 bits per heavy atom.